The van der Waals surface area contributed by atoms with Crippen LogP contribution in [0.15, 0.2) is 160 Å². The molecule has 8 nitrogen and oxygen atoms in total. The molecule has 1 N–H and O–H groups in total. The Labute approximate surface area is 415 Å². The molecular weight excluding hydrogens is 1180 g/mol. The van der Waals surface area contributed by atoms with Crippen LogP contribution in [0.4, 0.5) is 0 Å². The number of pyridine rings is 3. The molecule has 0 aliphatic heterocycles. The first-order chi connectivity index (χ1) is 30.3. The summed E-state index contributed by atoms with van der Waals surface area (Å²) >= 11 is 0. The fourth-order valence-electron chi connectivity index (χ4n) is 6.84. The predicted octanol–water partition coefficient (Wildman–Crippen LogP) is 15.0. The number of ketones is 1. The van der Waals surface area contributed by atoms with Crippen molar-refractivity contribution < 1.29 is 63.4 Å². The topological polar surface area (TPSA) is 115 Å². The van der Waals surface area contributed by atoms with Crippen molar-refractivity contribution in [3.05, 3.63) is 175 Å². The van der Waals surface area contributed by atoms with Crippen LogP contribution < -0.4 is 0 Å². The number of hydrogen-bond acceptors (Lipinski definition) is 8. The zero-order chi connectivity index (χ0) is 46.2. The second-order valence-corrected chi connectivity index (χ2v) is 18.7. The van der Waals surface area contributed by atoms with Gasteiger partial charge < -0.3 is 28.3 Å². The number of aliphatic hydroxyl groups excluding tert-OH is 1. The molecular formula is C56H57Ir2N3O5-2. The van der Waals surface area contributed by atoms with Crippen LogP contribution in [0.3, 0.4) is 0 Å². The summed E-state index contributed by atoms with van der Waals surface area (Å²) in [5.74, 6) is -0.0625. The van der Waals surface area contributed by atoms with Crippen molar-refractivity contribution in [2.24, 2.45) is 0 Å². The van der Waals surface area contributed by atoms with E-state index in [1.54, 1.807) is 37.4 Å². The monoisotopic (exact) mass is 1240 g/mol. The van der Waals surface area contributed by atoms with Gasteiger partial charge in [0.1, 0.15) is 16.7 Å². The number of benzene rings is 3. The van der Waals surface area contributed by atoms with Crippen molar-refractivity contribution in [1.29, 1.82) is 0 Å². The second-order valence-electron chi connectivity index (χ2n) is 18.7. The first kappa shape index (κ1) is 52.9. The minimum Gasteiger partial charge on any atom is -0.512 e. The van der Waals surface area contributed by atoms with Crippen LogP contribution in [0.1, 0.15) is 92.9 Å². The third-order valence-corrected chi connectivity index (χ3v) is 10.4. The van der Waals surface area contributed by atoms with Gasteiger partial charge in [0, 0.05) is 86.6 Å². The molecule has 9 aromatic rings. The Bertz CT molecular complexity index is 2670. The molecule has 66 heavy (non-hydrogen) atoms. The summed E-state index contributed by atoms with van der Waals surface area (Å²) in [6, 6.07) is 39.4. The van der Waals surface area contributed by atoms with E-state index in [2.05, 4.69) is 150 Å². The van der Waals surface area contributed by atoms with Crippen molar-refractivity contribution in [2.75, 3.05) is 0 Å². The zero-order valence-electron chi connectivity index (χ0n) is 39.4. The Balaban J connectivity index is 0.000000199. The quantitative estimate of drug-likeness (QED) is 0.105. The van der Waals surface area contributed by atoms with Crippen LogP contribution in [0.5, 0.6) is 0 Å². The molecule has 0 unspecified atom stereocenters. The summed E-state index contributed by atoms with van der Waals surface area (Å²) in [5.41, 5.74) is 12.9. The molecule has 0 amide bonds. The second kappa shape index (κ2) is 22.6. The third-order valence-electron chi connectivity index (χ3n) is 10.4. The maximum atomic E-state index is 10.0. The number of furan rings is 3. The van der Waals surface area contributed by atoms with Gasteiger partial charge in [-0.1, -0.05) is 86.6 Å². The zero-order valence-corrected chi connectivity index (χ0v) is 44.2. The summed E-state index contributed by atoms with van der Waals surface area (Å²) in [6.07, 6.45) is 11.6. The van der Waals surface area contributed by atoms with E-state index in [-0.39, 0.29) is 68.0 Å². The Morgan fingerprint density at radius 2 is 0.848 bits per heavy atom. The van der Waals surface area contributed by atoms with E-state index in [9.17, 15) is 4.79 Å². The molecule has 6 heterocycles. The van der Waals surface area contributed by atoms with Gasteiger partial charge in [-0.15, -0.1) is 70.8 Å². The predicted molar refractivity (Wildman–Crippen MR) is 259 cm³/mol. The number of rotatable bonds is 4. The van der Waals surface area contributed by atoms with Crippen LogP contribution >= 0.6 is 0 Å². The van der Waals surface area contributed by atoms with E-state index < -0.39 is 0 Å². The number of nitrogens with zero attached hydrogens (tertiary/aromatic N) is 3. The number of aliphatic hydroxyl groups is 1. The number of hydrogen-bond donors (Lipinski definition) is 1. The Hall–Kier alpha value is -5.76. The van der Waals surface area contributed by atoms with Gasteiger partial charge in [0.15, 0.2) is 5.78 Å². The fraction of sp³-hybridized carbons (Fsp3) is 0.250. The maximum Gasteiger partial charge on any atom is 0.155 e. The number of aromatic nitrogens is 3. The van der Waals surface area contributed by atoms with Gasteiger partial charge >= 0.3 is 0 Å². The van der Waals surface area contributed by atoms with E-state index >= 15 is 0 Å². The van der Waals surface area contributed by atoms with Crippen LogP contribution in [0.25, 0.3) is 66.7 Å². The van der Waals surface area contributed by atoms with E-state index in [0.717, 1.165) is 66.7 Å². The van der Waals surface area contributed by atoms with Crippen molar-refractivity contribution >= 4 is 38.7 Å². The summed E-state index contributed by atoms with van der Waals surface area (Å²) in [4.78, 5) is 23.4. The van der Waals surface area contributed by atoms with Crippen LogP contribution in [0.2, 0.25) is 0 Å². The molecule has 0 saturated carbocycles. The fourth-order valence-corrected chi connectivity index (χ4v) is 6.84. The van der Waals surface area contributed by atoms with Gasteiger partial charge in [-0.2, -0.15) is 0 Å². The standard InChI is InChI=1S/C17H17NO.2C17H16NO.C5H8O2.2Ir/c3*1-17(2,3)13-6-4-12(5-7-13)16-14-9-11-19-15(14)8-10-18-16;1-4(6)3-5(2)7;;/h4-11H,1-3H3;2*4,6-11H,1-3H3;3,6H,1-2H3;;/q;2*-1;;;. The van der Waals surface area contributed by atoms with Gasteiger partial charge in [-0.25, -0.2) is 0 Å². The third kappa shape index (κ3) is 13.6. The normalized spacial score (nSPS) is 11.5. The molecule has 0 atom stereocenters. The Morgan fingerprint density at radius 1 is 0.500 bits per heavy atom. The average Bonchev–Trinajstić information content (AvgIpc) is 4.05. The van der Waals surface area contributed by atoms with Crippen molar-refractivity contribution in [3.8, 4) is 33.8 Å². The molecule has 0 aliphatic carbocycles. The Morgan fingerprint density at radius 3 is 1.15 bits per heavy atom. The SMILES string of the molecule is CC(=O)C=C(C)O.CC(C)(C)c1c[c-]c(-c2nccc3occc23)cc1.CC(C)(C)c1c[c-]c(-c2nccc3occc23)cc1.CC(C)(C)c1ccc(-c2nccc3occc23)cc1.[Ir].[Ir]. The van der Waals surface area contributed by atoms with Crippen LogP contribution in [-0.4, -0.2) is 25.8 Å². The molecule has 2 radical (unpaired) electrons. The van der Waals surface area contributed by atoms with Crippen LogP contribution in [-0.2, 0) is 61.3 Å². The van der Waals surface area contributed by atoms with Gasteiger partial charge in [-0.05, 0) is 83.4 Å². The number of carbonyl (C=O) groups excluding carboxylic acids is 1. The molecule has 9 rings (SSSR count). The van der Waals surface area contributed by atoms with E-state index in [1.807, 2.05) is 36.4 Å². The molecule has 6 aromatic heterocycles. The molecule has 0 spiro atoms. The number of carbonyl (C=O) groups is 1. The molecule has 0 bridgehead atoms. The number of fused-ring (bicyclic) bond motifs is 3. The van der Waals surface area contributed by atoms with E-state index in [4.69, 9.17) is 18.4 Å². The average molecular weight is 1240 g/mol. The summed E-state index contributed by atoms with van der Waals surface area (Å²) in [5, 5.41) is 11.5. The smallest absolute Gasteiger partial charge is 0.155 e. The van der Waals surface area contributed by atoms with Crippen LogP contribution in [0, 0.1) is 12.1 Å². The van der Waals surface area contributed by atoms with Gasteiger partial charge in [0.2, 0.25) is 0 Å². The summed E-state index contributed by atoms with van der Waals surface area (Å²) in [7, 11) is 0. The van der Waals surface area contributed by atoms with Crippen molar-refractivity contribution in [1.82, 2.24) is 15.0 Å². The number of allylic oxidation sites excluding steroid dienone is 2. The minimum absolute atomic E-state index is 0. The summed E-state index contributed by atoms with van der Waals surface area (Å²) in [6.45, 7) is 22.7. The largest absolute Gasteiger partial charge is 0.512 e. The van der Waals surface area contributed by atoms with Crippen molar-refractivity contribution in [2.45, 2.75) is 92.4 Å². The molecule has 3 aromatic carbocycles. The van der Waals surface area contributed by atoms with Gasteiger partial charge in [0.25, 0.3) is 0 Å². The molecule has 0 fully saturated rings. The maximum absolute atomic E-state index is 10.0. The molecule has 10 heteroatoms. The van der Waals surface area contributed by atoms with Crippen molar-refractivity contribution in [3.63, 3.8) is 0 Å². The first-order valence-electron chi connectivity index (χ1n) is 21.3. The molecule has 0 aliphatic rings. The molecule has 0 saturated heterocycles. The van der Waals surface area contributed by atoms with Gasteiger partial charge in [-0.3, -0.25) is 9.78 Å². The molecule has 346 valence electrons. The first-order valence-corrected chi connectivity index (χ1v) is 21.3. The van der Waals surface area contributed by atoms with E-state index in [0.29, 0.717) is 0 Å². The van der Waals surface area contributed by atoms with Gasteiger partial charge in [0.05, 0.1) is 30.2 Å². The minimum atomic E-state index is -0.125. The summed E-state index contributed by atoms with van der Waals surface area (Å²) < 4.78 is 16.2. The van der Waals surface area contributed by atoms with E-state index in [1.165, 1.54) is 36.6 Å². The Kier molecular flexibility index (Phi) is 18.1.